The van der Waals surface area contributed by atoms with Crippen molar-refractivity contribution in [3.8, 4) is 0 Å². The second-order valence-corrected chi connectivity index (χ2v) is 26.3. The number of hydrogen-bond donors (Lipinski definition) is 22. The lowest BCUT2D eigenvalue weighted by Gasteiger charge is -2.27. The van der Waals surface area contributed by atoms with E-state index < -0.39 is 181 Å². The maximum Gasteiger partial charge on any atom is 0.326 e. The van der Waals surface area contributed by atoms with E-state index in [0.717, 1.165) is 5.56 Å². The summed E-state index contributed by atoms with van der Waals surface area (Å²) in [5.41, 5.74) is 30.8. The number of carboxylic acid groups (broad SMARTS) is 2. The number of nitrogens with two attached hydrogens (primary N) is 5. The number of rotatable bonds is 48. The number of carbonyl (C=O) groups is 13. The molecule has 586 valence electrons. The zero-order valence-electron chi connectivity index (χ0n) is 60.3. The number of fused-ring (bicyclic) bond motifs is 1. The zero-order valence-corrected chi connectivity index (χ0v) is 60.3. The van der Waals surface area contributed by atoms with Gasteiger partial charge in [0.1, 0.15) is 54.4 Å². The van der Waals surface area contributed by atoms with E-state index in [1.54, 1.807) is 67.7 Å². The fourth-order valence-electron chi connectivity index (χ4n) is 11.3. The molecule has 27 N–H and O–H groups in total. The number of nitrogens with one attached hydrogen (secondary N) is 14. The molecule has 2 aromatic heterocycles. The summed E-state index contributed by atoms with van der Waals surface area (Å²) in [6.45, 7) is 4.07. The summed E-state index contributed by atoms with van der Waals surface area (Å²) < 4.78 is 1.41. The molecule has 0 spiro atoms. The standard InChI is InChI=1S/C70H100N22O16/c1-38(2)57(67(106)85-51(58(73)97)34-55(72)94)89-66(105)54(37-93)88-62(101)48(24-15-28-79-70(76)77)82-64(103)52(31-41-18-8-5-9-19-41)86-60(99)45(71)33-43-36-92(91-90-43)29-13-12-22-50(68(107)108)84-65(104)53(32-42-35-80-46-21-11-10-20-44(42)46)87-63(102)49(25-26-56(95)96)83-61(100)47(23-14-27-78-69(74)75)81-59(98)39(3)30-40-16-6-4-7-17-40/h4-11,16-21,35-36,38-39,45,47-54,57,80,93H,12-15,22-34,37,71H2,1-3H3,(H2,72,94)(H2,73,97)(H,81,98)(H,82,103)(H,83,100)(H,84,104)(H,85,106)(H,86,99)(H,87,102)(H,88,101)(H,89,105)(H,95,96)(H,107,108)(H4,74,75,78)(H4,76,77,79)/t39?,45?,47?,48?,49?,50?,51-,52-,53-,54-,57?/m1/s1. The normalized spacial score (nSPS) is 14.2. The highest BCUT2D eigenvalue weighted by atomic mass is 16.4. The molecule has 11 amide bonds. The van der Waals surface area contributed by atoms with Crippen molar-refractivity contribution in [2.24, 2.45) is 40.5 Å². The molecule has 0 saturated heterocycles. The Morgan fingerprint density at radius 1 is 0.509 bits per heavy atom. The van der Waals surface area contributed by atoms with Gasteiger partial charge in [0.05, 0.1) is 24.8 Å². The number of carbonyl (C=O) groups excluding carboxylic acids is 11. The number of carboxylic acids is 2. The third kappa shape index (κ3) is 29.8. The van der Waals surface area contributed by atoms with E-state index in [0.29, 0.717) is 28.5 Å². The van der Waals surface area contributed by atoms with Gasteiger partial charge in [0.25, 0.3) is 0 Å². The fourth-order valence-corrected chi connectivity index (χ4v) is 11.3. The van der Waals surface area contributed by atoms with Crippen LogP contribution in [0.5, 0.6) is 0 Å². The van der Waals surface area contributed by atoms with E-state index in [9.17, 15) is 77.6 Å². The molecule has 3 aromatic carbocycles. The average molecular weight is 1510 g/mol. The Morgan fingerprint density at radius 2 is 0.981 bits per heavy atom. The number of aliphatic hydroxyl groups is 1. The highest BCUT2D eigenvalue weighted by molar-refractivity contribution is 5.99. The van der Waals surface area contributed by atoms with E-state index in [-0.39, 0.29) is 95.5 Å². The highest BCUT2D eigenvalue weighted by Gasteiger charge is 2.36. The maximum atomic E-state index is 14.4. The minimum Gasteiger partial charge on any atom is -0.481 e. The molecule has 2 heterocycles. The van der Waals surface area contributed by atoms with Gasteiger partial charge in [0.2, 0.25) is 65.0 Å². The van der Waals surface area contributed by atoms with Crippen LogP contribution < -0.4 is 87.2 Å². The number of aryl methyl sites for hydroxylation is 1. The lowest BCUT2D eigenvalue weighted by Crippen LogP contribution is -2.61. The molecule has 5 aromatic rings. The molecule has 0 bridgehead atoms. The molecule has 38 nitrogen and oxygen atoms in total. The number of aromatic amines is 1. The Bertz CT molecular complexity index is 3910. The van der Waals surface area contributed by atoms with Crippen LogP contribution >= 0.6 is 0 Å². The fraction of sp³-hybridized carbons (Fsp3) is 0.471. The number of nitrogens with zero attached hydrogens (tertiary/aromatic N) is 3. The number of hydrogen-bond acceptors (Lipinski definition) is 19. The largest absolute Gasteiger partial charge is 0.481 e. The number of amides is 11. The number of aliphatic hydroxyl groups excluding tert-OH is 1. The van der Waals surface area contributed by atoms with Crippen LogP contribution in [0.4, 0.5) is 0 Å². The first-order valence-corrected chi connectivity index (χ1v) is 35.1. The number of unbranched alkanes of at least 4 members (excludes halogenated alkanes) is 1. The molecule has 0 saturated carbocycles. The first-order valence-electron chi connectivity index (χ1n) is 35.1. The second kappa shape index (κ2) is 44.0. The van der Waals surface area contributed by atoms with Gasteiger partial charge in [-0.15, -0.1) is 5.10 Å². The molecule has 0 radical (unpaired) electrons. The van der Waals surface area contributed by atoms with Gasteiger partial charge in [-0.05, 0) is 86.5 Å². The van der Waals surface area contributed by atoms with Gasteiger partial charge in [-0.1, -0.05) is 105 Å². The summed E-state index contributed by atoms with van der Waals surface area (Å²) in [5, 5.41) is 82.6. The Hall–Kier alpha value is -12.1. The van der Waals surface area contributed by atoms with Crippen molar-refractivity contribution in [3.63, 3.8) is 0 Å². The van der Waals surface area contributed by atoms with E-state index >= 15 is 0 Å². The Balaban J connectivity index is 1.25. The number of primary amides is 2. The molecule has 0 fully saturated rings. The molecule has 0 aliphatic carbocycles. The molecular formula is C70H100N22O16. The molecule has 0 aliphatic heterocycles. The maximum absolute atomic E-state index is 14.4. The van der Waals surface area contributed by atoms with Gasteiger partial charge in [-0.2, -0.15) is 0 Å². The van der Waals surface area contributed by atoms with Crippen molar-refractivity contribution in [1.82, 2.24) is 78.5 Å². The van der Waals surface area contributed by atoms with Gasteiger partial charge < -0.3 is 107 Å². The quantitative estimate of drug-likeness (QED) is 0.0100. The predicted octanol–water partition coefficient (Wildman–Crippen LogP) is -3.99. The van der Waals surface area contributed by atoms with Gasteiger partial charge in [-0.3, -0.25) is 73.0 Å². The SMILES string of the molecule is CC(Cc1ccccc1)C(=O)NC(CCCNC(=N)N)C(=O)NC(CCC(=O)O)C(=O)N[C@H](Cc1c[nH]c2ccccc12)C(=O)NC(CCCCn1cc(CC(N)C(=O)N[C@H](Cc2ccccc2)C(=O)NC(CCCNC(=N)N)C(=O)N[C@H](CO)C(=O)NC(C(=O)N[C@H](CC(N)=O)C(N)=O)C(C)C)nn1)C(=O)O. The number of aromatic nitrogens is 4. The van der Waals surface area contributed by atoms with Gasteiger partial charge in [-0.25, -0.2) is 4.79 Å². The highest BCUT2D eigenvalue weighted by Crippen LogP contribution is 2.21. The van der Waals surface area contributed by atoms with Crippen LogP contribution in [0.3, 0.4) is 0 Å². The van der Waals surface area contributed by atoms with Crippen LogP contribution in [0.2, 0.25) is 0 Å². The molecular weight excluding hydrogens is 1400 g/mol. The van der Waals surface area contributed by atoms with E-state index in [1.807, 2.05) is 30.3 Å². The minimum absolute atomic E-state index is 0.00324. The van der Waals surface area contributed by atoms with Crippen molar-refractivity contribution in [2.45, 2.75) is 178 Å². The third-order valence-electron chi connectivity index (χ3n) is 17.2. The lowest BCUT2D eigenvalue weighted by atomic mass is 9.99. The summed E-state index contributed by atoms with van der Waals surface area (Å²) >= 11 is 0. The van der Waals surface area contributed by atoms with Gasteiger partial charge in [0.15, 0.2) is 11.9 Å². The summed E-state index contributed by atoms with van der Waals surface area (Å²) in [6.07, 6.45) is 1.62. The van der Waals surface area contributed by atoms with Crippen molar-refractivity contribution < 1.29 is 77.6 Å². The Morgan fingerprint density at radius 3 is 1.52 bits per heavy atom. The number of aliphatic carboxylic acids is 2. The number of para-hydroxylation sites is 1. The zero-order chi connectivity index (χ0) is 79.6. The van der Waals surface area contributed by atoms with Crippen LogP contribution in [0.15, 0.2) is 97.3 Å². The summed E-state index contributed by atoms with van der Waals surface area (Å²) in [6, 6.07) is 9.93. The predicted molar refractivity (Wildman–Crippen MR) is 392 cm³/mol. The molecule has 108 heavy (non-hydrogen) atoms. The molecule has 7 unspecified atom stereocenters. The summed E-state index contributed by atoms with van der Waals surface area (Å²) in [4.78, 5) is 177. The smallest absolute Gasteiger partial charge is 0.326 e. The van der Waals surface area contributed by atoms with Gasteiger partial charge in [0, 0.05) is 74.5 Å². The Kier molecular flexibility index (Phi) is 35.3. The van der Waals surface area contributed by atoms with E-state index in [4.69, 9.17) is 39.5 Å². The van der Waals surface area contributed by atoms with Crippen LogP contribution in [0.1, 0.15) is 107 Å². The van der Waals surface area contributed by atoms with Crippen molar-refractivity contribution >= 4 is 99.7 Å². The molecule has 38 heteroatoms. The van der Waals surface area contributed by atoms with Crippen LogP contribution in [-0.2, 0) is 94.6 Å². The van der Waals surface area contributed by atoms with Crippen molar-refractivity contribution in [3.05, 3.63) is 120 Å². The summed E-state index contributed by atoms with van der Waals surface area (Å²) in [7, 11) is 0. The van der Waals surface area contributed by atoms with Crippen molar-refractivity contribution in [2.75, 3.05) is 19.7 Å². The van der Waals surface area contributed by atoms with Crippen LogP contribution in [0, 0.1) is 22.7 Å². The molecule has 5 rings (SSSR count). The second-order valence-electron chi connectivity index (χ2n) is 26.3. The third-order valence-corrected chi connectivity index (χ3v) is 17.2. The molecule has 0 aliphatic rings. The first-order chi connectivity index (χ1) is 51.3. The Labute approximate surface area is 621 Å². The van der Waals surface area contributed by atoms with E-state index in [1.165, 1.54) is 24.7 Å². The molecule has 11 atom stereocenters. The average Bonchev–Trinajstić information content (AvgIpc) is 1.71. The van der Waals surface area contributed by atoms with Crippen LogP contribution in [0.25, 0.3) is 10.9 Å². The first kappa shape index (κ1) is 86.6. The monoisotopic (exact) mass is 1500 g/mol. The van der Waals surface area contributed by atoms with E-state index in [2.05, 4.69) is 73.8 Å². The van der Waals surface area contributed by atoms with Gasteiger partial charge >= 0.3 is 11.9 Å². The summed E-state index contributed by atoms with van der Waals surface area (Å²) in [5.74, 6) is -14.7. The number of H-pyrrole nitrogens is 1. The van der Waals surface area contributed by atoms with Crippen LogP contribution in [-0.4, -0.2) is 204 Å². The topological polar surface area (TPSA) is 639 Å². The number of benzene rings is 3. The number of guanidine groups is 2. The van der Waals surface area contributed by atoms with Crippen molar-refractivity contribution in [1.29, 1.82) is 10.8 Å². The lowest BCUT2D eigenvalue weighted by molar-refractivity contribution is -0.142. The minimum atomic E-state index is -1.73.